The number of hydrogen-bond acceptors (Lipinski definition) is 3. The Labute approximate surface area is 110 Å². The van der Waals surface area contributed by atoms with E-state index < -0.39 is 5.54 Å². The van der Waals surface area contributed by atoms with Gasteiger partial charge in [-0.1, -0.05) is 12.8 Å². The molecule has 0 spiro atoms. The van der Waals surface area contributed by atoms with E-state index >= 15 is 0 Å². The second-order valence-electron chi connectivity index (χ2n) is 6.29. The highest BCUT2D eigenvalue weighted by Crippen LogP contribution is 2.30. The SMILES string of the molecule is CC1CC(N(C)C(=O)C2(N)CCCC2)CCN1C. The highest BCUT2D eigenvalue weighted by Gasteiger charge is 2.41. The van der Waals surface area contributed by atoms with Crippen LogP contribution in [0.1, 0.15) is 45.4 Å². The lowest BCUT2D eigenvalue weighted by Gasteiger charge is -2.41. The molecule has 0 radical (unpaired) electrons. The smallest absolute Gasteiger partial charge is 0.242 e. The van der Waals surface area contributed by atoms with E-state index in [9.17, 15) is 4.79 Å². The molecule has 2 fully saturated rings. The van der Waals surface area contributed by atoms with Crippen LogP contribution in [0.25, 0.3) is 0 Å². The van der Waals surface area contributed by atoms with Crippen molar-refractivity contribution in [2.24, 2.45) is 5.73 Å². The molecule has 104 valence electrons. The van der Waals surface area contributed by atoms with Crippen molar-refractivity contribution >= 4 is 5.91 Å². The van der Waals surface area contributed by atoms with Crippen LogP contribution in [0.3, 0.4) is 0 Å². The predicted octanol–water partition coefficient (Wildman–Crippen LogP) is 1.20. The van der Waals surface area contributed by atoms with E-state index in [0.29, 0.717) is 12.1 Å². The van der Waals surface area contributed by atoms with Crippen molar-refractivity contribution in [1.82, 2.24) is 9.80 Å². The molecular weight excluding hydrogens is 226 g/mol. The summed E-state index contributed by atoms with van der Waals surface area (Å²) in [6.07, 6.45) is 6.05. The first kappa shape index (κ1) is 13.8. The third kappa shape index (κ3) is 2.54. The standard InChI is InChI=1S/C14H27N3O/c1-11-10-12(6-9-16(11)2)17(3)13(18)14(15)7-4-5-8-14/h11-12H,4-10,15H2,1-3H3. The number of hydrogen-bond donors (Lipinski definition) is 1. The average molecular weight is 253 g/mol. The molecule has 1 saturated heterocycles. The predicted molar refractivity (Wildman–Crippen MR) is 73.3 cm³/mol. The van der Waals surface area contributed by atoms with Crippen LogP contribution in [0.2, 0.25) is 0 Å². The first-order valence-corrected chi connectivity index (χ1v) is 7.20. The van der Waals surface area contributed by atoms with Crippen molar-refractivity contribution in [3.05, 3.63) is 0 Å². The molecule has 0 bridgehead atoms. The van der Waals surface area contributed by atoms with Gasteiger partial charge in [-0.25, -0.2) is 0 Å². The molecule has 2 atom stereocenters. The molecule has 18 heavy (non-hydrogen) atoms. The lowest BCUT2D eigenvalue weighted by atomic mass is 9.93. The summed E-state index contributed by atoms with van der Waals surface area (Å²) in [4.78, 5) is 16.8. The summed E-state index contributed by atoms with van der Waals surface area (Å²) in [6.45, 7) is 3.30. The molecule has 1 heterocycles. The number of rotatable bonds is 2. The monoisotopic (exact) mass is 253 g/mol. The molecule has 1 saturated carbocycles. The van der Waals surface area contributed by atoms with Crippen molar-refractivity contribution in [3.8, 4) is 0 Å². The zero-order valence-electron chi connectivity index (χ0n) is 12.0. The highest BCUT2D eigenvalue weighted by atomic mass is 16.2. The number of amides is 1. The summed E-state index contributed by atoms with van der Waals surface area (Å²) < 4.78 is 0. The topological polar surface area (TPSA) is 49.6 Å². The van der Waals surface area contributed by atoms with Gasteiger partial charge >= 0.3 is 0 Å². The number of carbonyl (C=O) groups is 1. The van der Waals surface area contributed by atoms with Crippen LogP contribution in [-0.4, -0.2) is 54.0 Å². The second-order valence-corrected chi connectivity index (χ2v) is 6.29. The maximum atomic E-state index is 12.5. The van der Waals surface area contributed by atoms with Gasteiger partial charge in [-0.15, -0.1) is 0 Å². The molecule has 0 aromatic heterocycles. The van der Waals surface area contributed by atoms with Crippen LogP contribution in [-0.2, 0) is 4.79 Å². The molecule has 1 aliphatic heterocycles. The third-order valence-corrected chi connectivity index (χ3v) is 4.97. The van der Waals surface area contributed by atoms with Gasteiger partial charge in [-0.2, -0.15) is 0 Å². The van der Waals surface area contributed by atoms with Gasteiger partial charge in [0, 0.05) is 25.7 Å². The fourth-order valence-electron chi connectivity index (χ4n) is 3.35. The summed E-state index contributed by atoms with van der Waals surface area (Å²) in [6, 6.07) is 0.918. The number of likely N-dealkylation sites (N-methyl/N-ethyl adjacent to an activating group) is 1. The number of likely N-dealkylation sites (tertiary alicyclic amines) is 1. The number of piperidine rings is 1. The summed E-state index contributed by atoms with van der Waals surface area (Å²) in [7, 11) is 4.10. The Balaban J connectivity index is 1.98. The third-order valence-electron chi connectivity index (χ3n) is 4.97. The second kappa shape index (κ2) is 5.17. The molecule has 1 amide bonds. The van der Waals surface area contributed by atoms with Crippen LogP contribution in [0, 0.1) is 0 Å². The van der Waals surface area contributed by atoms with E-state index in [0.717, 1.165) is 45.1 Å². The van der Waals surface area contributed by atoms with E-state index in [2.05, 4.69) is 18.9 Å². The molecule has 2 aliphatic rings. The lowest BCUT2D eigenvalue weighted by Crippen LogP contribution is -2.57. The quantitative estimate of drug-likeness (QED) is 0.804. The normalized spacial score (nSPS) is 32.4. The Morgan fingerprint density at radius 1 is 1.39 bits per heavy atom. The number of nitrogens with zero attached hydrogens (tertiary/aromatic N) is 2. The van der Waals surface area contributed by atoms with Crippen molar-refractivity contribution in [2.45, 2.75) is 63.1 Å². The Morgan fingerprint density at radius 3 is 2.56 bits per heavy atom. The van der Waals surface area contributed by atoms with Gasteiger partial charge in [0.2, 0.25) is 5.91 Å². The summed E-state index contributed by atoms with van der Waals surface area (Å²) in [5.74, 6) is 0.168. The summed E-state index contributed by atoms with van der Waals surface area (Å²) in [5.41, 5.74) is 5.70. The molecule has 2 rings (SSSR count). The number of carbonyl (C=O) groups excluding carboxylic acids is 1. The van der Waals surface area contributed by atoms with Gasteiger partial charge in [0.25, 0.3) is 0 Å². The van der Waals surface area contributed by atoms with Crippen molar-refractivity contribution < 1.29 is 4.79 Å². The Kier molecular flexibility index (Phi) is 3.97. The fraction of sp³-hybridized carbons (Fsp3) is 0.929. The van der Waals surface area contributed by atoms with Gasteiger partial charge in [-0.05, 0) is 39.7 Å². The van der Waals surface area contributed by atoms with E-state index in [1.807, 2.05) is 11.9 Å². The van der Waals surface area contributed by atoms with Crippen LogP contribution in [0.5, 0.6) is 0 Å². The minimum Gasteiger partial charge on any atom is -0.341 e. The highest BCUT2D eigenvalue weighted by molar-refractivity contribution is 5.86. The maximum Gasteiger partial charge on any atom is 0.242 e. The maximum absolute atomic E-state index is 12.5. The van der Waals surface area contributed by atoms with E-state index in [1.54, 1.807) is 0 Å². The molecule has 2 unspecified atom stereocenters. The zero-order valence-corrected chi connectivity index (χ0v) is 12.0. The molecule has 2 N–H and O–H groups in total. The van der Waals surface area contributed by atoms with Crippen LogP contribution in [0.15, 0.2) is 0 Å². The number of nitrogens with two attached hydrogens (primary N) is 1. The van der Waals surface area contributed by atoms with Gasteiger partial charge < -0.3 is 15.5 Å². The molecule has 4 nitrogen and oxygen atoms in total. The van der Waals surface area contributed by atoms with Gasteiger partial charge in [-0.3, -0.25) is 4.79 Å². The largest absolute Gasteiger partial charge is 0.341 e. The molecular formula is C14H27N3O. The van der Waals surface area contributed by atoms with Crippen LogP contribution in [0.4, 0.5) is 0 Å². The molecule has 4 heteroatoms. The minimum atomic E-state index is -0.568. The first-order valence-electron chi connectivity index (χ1n) is 7.20. The first-order chi connectivity index (χ1) is 8.44. The molecule has 1 aliphatic carbocycles. The van der Waals surface area contributed by atoms with E-state index in [-0.39, 0.29) is 5.91 Å². The fourth-order valence-corrected chi connectivity index (χ4v) is 3.35. The van der Waals surface area contributed by atoms with Gasteiger partial charge in [0.05, 0.1) is 5.54 Å². The average Bonchev–Trinajstić information content (AvgIpc) is 2.79. The van der Waals surface area contributed by atoms with Crippen molar-refractivity contribution in [1.29, 1.82) is 0 Å². The van der Waals surface area contributed by atoms with Gasteiger partial charge in [0.15, 0.2) is 0 Å². The Morgan fingerprint density at radius 2 is 2.00 bits per heavy atom. The minimum absolute atomic E-state index is 0.168. The van der Waals surface area contributed by atoms with Crippen LogP contribution >= 0.6 is 0 Å². The molecule has 0 aromatic rings. The Hall–Kier alpha value is -0.610. The van der Waals surface area contributed by atoms with Crippen molar-refractivity contribution in [2.75, 3.05) is 20.6 Å². The Bertz CT molecular complexity index is 312. The summed E-state index contributed by atoms with van der Waals surface area (Å²) >= 11 is 0. The lowest BCUT2D eigenvalue weighted by molar-refractivity contribution is -0.138. The summed E-state index contributed by atoms with van der Waals surface area (Å²) in [5, 5.41) is 0. The van der Waals surface area contributed by atoms with E-state index in [1.165, 1.54) is 0 Å². The van der Waals surface area contributed by atoms with Crippen molar-refractivity contribution in [3.63, 3.8) is 0 Å². The molecule has 0 aromatic carbocycles. The van der Waals surface area contributed by atoms with Gasteiger partial charge in [0.1, 0.15) is 0 Å². The van der Waals surface area contributed by atoms with Crippen LogP contribution < -0.4 is 5.73 Å². The van der Waals surface area contributed by atoms with E-state index in [4.69, 9.17) is 5.73 Å². The zero-order chi connectivity index (χ0) is 13.3.